The molecule has 0 bridgehead atoms. The molecule has 0 spiro atoms. The lowest BCUT2D eigenvalue weighted by atomic mass is 10.00. The molecule has 4 aromatic rings. The first-order valence-corrected chi connectivity index (χ1v) is 10.7. The second-order valence-electron chi connectivity index (χ2n) is 7.90. The Balaban J connectivity index is 1.91. The molecule has 2 aromatic heterocycles. The largest absolute Gasteiger partial charge is 0.337 e. The molecule has 0 aliphatic rings. The minimum absolute atomic E-state index is 0.0280. The molecular formula is C23H24IN3O. The van der Waals surface area contributed by atoms with Crippen LogP contribution in [0.15, 0.2) is 47.4 Å². The van der Waals surface area contributed by atoms with Crippen LogP contribution in [-0.2, 0) is 20.0 Å². The molecule has 0 radical (unpaired) electrons. The van der Waals surface area contributed by atoms with Crippen LogP contribution in [0.5, 0.6) is 0 Å². The average molecular weight is 485 g/mol. The summed E-state index contributed by atoms with van der Waals surface area (Å²) in [6.07, 6.45) is 2.97. The Morgan fingerprint density at radius 3 is 2.54 bits per heavy atom. The molecule has 2 heterocycles. The number of halogens is 1. The van der Waals surface area contributed by atoms with Gasteiger partial charge < -0.3 is 4.57 Å². The maximum absolute atomic E-state index is 12.8. The number of hydrogen-bond donors (Lipinski definition) is 0. The van der Waals surface area contributed by atoms with Crippen molar-refractivity contribution < 1.29 is 0 Å². The number of benzene rings is 2. The van der Waals surface area contributed by atoms with Gasteiger partial charge in [-0.1, -0.05) is 50.2 Å². The molecule has 0 aliphatic carbocycles. The van der Waals surface area contributed by atoms with Crippen molar-refractivity contribution in [2.75, 3.05) is 0 Å². The zero-order valence-corrected chi connectivity index (χ0v) is 18.8. The first-order chi connectivity index (χ1) is 13.4. The molecule has 0 saturated carbocycles. The number of hydrogen-bond acceptors (Lipinski definition) is 2. The quantitative estimate of drug-likeness (QED) is 0.380. The van der Waals surface area contributed by atoms with Crippen molar-refractivity contribution in [1.29, 1.82) is 0 Å². The molecule has 144 valence electrons. The summed E-state index contributed by atoms with van der Waals surface area (Å²) in [7, 11) is 1.74. The van der Waals surface area contributed by atoms with Crippen molar-refractivity contribution in [3.63, 3.8) is 0 Å². The van der Waals surface area contributed by atoms with Gasteiger partial charge in [0.1, 0.15) is 0 Å². The molecule has 2 aromatic carbocycles. The summed E-state index contributed by atoms with van der Waals surface area (Å²) in [5.74, 6) is 0.481. The summed E-state index contributed by atoms with van der Waals surface area (Å²) in [6.45, 7) is 7.25. The summed E-state index contributed by atoms with van der Waals surface area (Å²) in [5.41, 5.74) is 3.51. The van der Waals surface area contributed by atoms with Crippen LogP contribution >= 0.6 is 22.6 Å². The van der Waals surface area contributed by atoms with E-state index in [-0.39, 0.29) is 5.56 Å². The molecule has 5 heteroatoms. The van der Waals surface area contributed by atoms with E-state index in [2.05, 4.69) is 95.6 Å². The molecule has 0 atom stereocenters. The number of aryl methyl sites for hydroxylation is 2. The van der Waals surface area contributed by atoms with Gasteiger partial charge in [-0.25, -0.2) is 4.68 Å². The molecule has 28 heavy (non-hydrogen) atoms. The number of fused-ring (bicyclic) bond motifs is 2. The van der Waals surface area contributed by atoms with Gasteiger partial charge in [0, 0.05) is 25.2 Å². The fourth-order valence-corrected chi connectivity index (χ4v) is 4.81. The van der Waals surface area contributed by atoms with E-state index in [4.69, 9.17) is 0 Å². The van der Waals surface area contributed by atoms with E-state index in [0.717, 1.165) is 33.1 Å². The molecule has 0 amide bonds. The van der Waals surface area contributed by atoms with Crippen molar-refractivity contribution in [3.8, 4) is 0 Å². The molecule has 4 nitrogen and oxygen atoms in total. The van der Waals surface area contributed by atoms with Gasteiger partial charge in [0.15, 0.2) is 0 Å². The summed E-state index contributed by atoms with van der Waals surface area (Å²) in [4.78, 5) is 12.8. The standard InChI is InChI=1S/C23H24IN3O/c1-14(2)11-19-18-13-27(22(24)21(18)23(28)26(4)25-19)12-17-10-6-9-16-8-5-7-15(3)20(16)17/h5-10,13-14H,11-12H2,1-4H3. The lowest BCUT2D eigenvalue weighted by Crippen LogP contribution is -2.22. The van der Waals surface area contributed by atoms with E-state index in [0.29, 0.717) is 5.92 Å². The van der Waals surface area contributed by atoms with Crippen molar-refractivity contribution in [3.05, 3.63) is 73.5 Å². The highest BCUT2D eigenvalue weighted by atomic mass is 127. The fraction of sp³-hybridized carbons (Fsp3) is 0.304. The lowest BCUT2D eigenvalue weighted by molar-refractivity contribution is 0.605. The molecule has 0 unspecified atom stereocenters. The van der Waals surface area contributed by atoms with E-state index in [1.54, 1.807) is 7.05 Å². The van der Waals surface area contributed by atoms with Crippen molar-refractivity contribution >= 4 is 44.1 Å². The van der Waals surface area contributed by atoms with Crippen molar-refractivity contribution in [1.82, 2.24) is 14.3 Å². The van der Waals surface area contributed by atoms with E-state index in [1.807, 2.05) is 0 Å². The number of nitrogens with zero attached hydrogens (tertiary/aromatic N) is 3. The Morgan fingerprint density at radius 1 is 1.11 bits per heavy atom. The zero-order chi connectivity index (χ0) is 20.0. The third-order valence-electron chi connectivity index (χ3n) is 5.24. The normalized spacial score (nSPS) is 11.8. The highest BCUT2D eigenvalue weighted by Gasteiger charge is 2.18. The van der Waals surface area contributed by atoms with Crippen LogP contribution in [0, 0.1) is 16.5 Å². The lowest BCUT2D eigenvalue weighted by Gasteiger charge is -2.11. The SMILES string of the molecule is Cc1cccc2cccc(Cn3cc4c(CC(C)C)nn(C)c(=O)c4c3I)c12. The number of rotatable bonds is 4. The summed E-state index contributed by atoms with van der Waals surface area (Å²) in [6, 6.07) is 12.9. The topological polar surface area (TPSA) is 39.8 Å². The molecule has 4 rings (SSSR count). The molecule has 0 aliphatic heterocycles. The van der Waals surface area contributed by atoms with Crippen LogP contribution in [0.1, 0.15) is 30.7 Å². The van der Waals surface area contributed by atoms with Gasteiger partial charge in [0.2, 0.25) is 0 Å². The number of aromatic nitrogens is 3. The Hall–Kier alpha value is -2.15. The second kappa shape index (κ2) is 7.35. The van der Waals surface area contributed by atoms with Crippen LogP contribution in [0.4, 0.5) is 0 Å². The summed E-state index contributed by atoms with van der Waals surface area (Å²) < 4.78 is 4.65. The molecule has 0 N–H and O–H groups in total. The average Bonchev–Trinajstić information content (AvgIpc) is 2.96. The van der Waals surface area contributed by atoms with E-state index >= 15 is 0 Å². The predicted molar refractivity (Wildman–Crippen MR) is 124 cm³/mol. The van der Waals surface area contributed by atoms with Crippen LogP contribution in [0.3, 0.4) is 0 Å². The smallest absolute Gasteiger partial charge is 0.277 e. The van der Waals surface area contributed by atoms with E-state index in [9.17, 15) is 4.79 Å². The maximum Gasteiger partial charge on any atom is 0.277 e. The van der Waals surface area contributed by atoms with Gasteiger partial charge in [-0.2, -0.15) is 5.10 Å². The van der Waals surface area contributed by atoms with Gasteiger partial charge >= 0.3 is 0 Å². The van der Waals surface area contributed by atoms with Crippen LogP contribution in [0.25, 0.3) is 21.5 Å². The van der Waals surface area contributed by atoms with Gasteiger partial charge in [-0.3, -0.25) is 4.79 Å². The Bertz CT molecular complexity index is 1250. The third kappa shape index (κ3) is 3.26. The fourth-order valence-electron chi connectivity index (χ4n) is 3.98. The van der Waals surface area contributed by atoms with Crippen LogP contribution in [0.2, 0.25) is 0 Å². The first-order valence-electron chi connectivity index (χ1n) is 9.58. The second-order valence-corrected chi connectivity index (χ2v) is 8.92. The van der Waals surface area contributed by atoms with Crippen LogP contribution < -0.4 is 5.56 Å². The van der Waals surface area contributed by atoms with Gasteiger partial charge in [-0.15, -0.1) is 0 Å². The highest BCUT2D eigenvalue weighted by Crippen LogP contribution is 2.27. The molecular weight excluding hydrogens is 461 g/mol. The third-order valence-corrected chi connectivity index (χ3v) is 6.40. The Labute approximate surface area is 178 Å². The van der Waals surface area contributed by atoms with Gasteiger partial charge in [0.25, 0.3) is 5.56 Å². The molecule has 0 saturated heterocycles. The summed E-state index contributed by atoms with van der Waals surface area (Å²) in [5, 5.41) is 8.87. The maximum atomic E-state index is 12.8. The van der Waals surface area contributed by atoms with E-state index < -0.39 is 0 Å². The Kier molecular flexibility index (Phi) is 5.04. The van der Waals surface area contributed by atoms with Gasteiger partial charge in [-0.05, 0) is 63.8 Å². The minimum Gasteiger partial charge on any atom is -0.337 e. The van der Waals surface area contributed by atoms with Crippen molar-refractivity contribution in [2.24, 2.45) is 13.0 Å². The van der Waals surface area contributed by atoms with E-state index in [1.165, 1.54) is 26.6 Å². The molecule has 0 fully saturated rings. The van der Waals surface area contributed by atoms with Crippen LogP contribution in [-0.4, -0.2) is 14.3 Å². The minimum atomic E-state index is -0.0280. The zero-order valence-electron chi connectivity index (χ0n) is 16.7. The Morgan fingerprint density at radius 2 is 1.82 bits per heavy atom. The van der Waals surface area contributed by atoms with Crippen molar-refractivity contribution in [2.45, 2.75) is 33.7 Å². The first kappa shape index (κ1) is 19.2. The highest BCUT2D eigenvalue weighted by molar-refractivity contribution is 14.1. The summed E-state index contributed by atoms with van der Waals surface area (Å²) >= 11 is 2.31. The monoisotopic (exact) mass is 485 g/mol. The van der Waals surface area contributed by atoms with Gasteiger partial charge in [0.05, 0.1) is 14.8 Å². The predicted octanol–water partition coefficient (Wildman–Crippen LogP) is 5.05.